The molecule has 0 radical (unpaired) electrons. The number of ether oxygens (including phenoxy) is 1. The molecule has 1 atom stereocenters. The molecule has 158 valence electrons. The van der Waals surface area contributed by atoms with Crippen molar-refractivity contribution in [2.45, 2.75) is 51.1 Å². The molecular formula is C25H30N2O3. The summed E-state index contributed by atoms with van der Waals surface area (Å²) >= 11 is 0. The molecular weight excluding hydrogens is 376 g/mol. The Kier molecular flexibility index (Phi) is 6.36. The van der Waals surface area contributed by atoms with E-state index in [1.54, 1.807) is 7.11 Å². The molecule has 4 rings (SSSR count). The Bertz CT molecular complexity index is 894. The summed E-state index contributed by atoms with van der Waals surface area (Å²) in [5.41, 5.74) is 2.89. The molecule has 2 aliphatic heterocycles. The van der Waals surface area contributed by atoms with Crippen molar-refractivity contribution in [3.05, 3.63) is 65.2 Å². The van der Waals surface area contributed by atoms with Crippen LogP contribution in [0.5, 0.6) is 5.75 Å². The summed E-state index contributed by atoms with van der Waals surface area (Å²) in [5, 5.41) is 0. The van der Waals surface area contributed by atoms with Crippen LogP contribution < -0.4 is 4.74 Å². The van der Waals surface area contributed by atoms with Crippen molar-refractivity contribution in [1.82, 2.24) is 9.80 Å². The lowest BCUT2D eigenvalue weighted by atomic mass is 9.99. The summed E-state index contributed by atoms with van der Waals surface area (Å²) in [4.78, 5) is 29.4. The first-order valence-corrected chi connectivity index (χ1v) is 11.0. The molecule has 0 spiro atoms. The summed E-state index contributed by atoms with van der Waals surface area (Å²) in [6.07, 6.45) is 5.83. The Hall–Kier alpha value is -2.82. The van der Waals surface area contributed by atoms with Gasteiger partial charge >= 0.3 is 0 Å². The Morgan fingerprint density at radius 2 is 1.87 bits per heavy atom. The van der Waals surface area contributed by atoms with Gasteiger partial charge in [0.15, 0.2) is 0 Å². The van der Waals surface area contributed by atoms with E-state index >= 15 is 0 Å². The lowest BCUT2D eigenvalue weighted by Gasteiger charge is -2.31. The third-order valence-electron chi connectivity index (χ3n) is 6.23. The number of hydrogen-bond acceptors (Lipinski definition) is 3. The molecule has 2 aromatic rings. The van der Waals surface area contributed by atoms with Crippen LogP contribution in [-0.4, -0.2) is 41.8 Å². The van der Waals surface area contributed by atoms with Crippen LogP contribution in [0.3, 0.4) is 0 Å². The quantitative estimate of drug-likeness (QED) is 0.731. The molecule has 2 amide bonds. The molecule has 30 heavy (non-hydrogen) atoms. The highest BCUT2D eigenvalue weighted by molar-refractivity contribution is 5.94. The average molecular weight is 407 g/mol. The number of rotatable bonds is 5. The molecule has 0 aliphatic carbocycles. The Morgan fingerprint density at radius 1 is 1.03 bits per heavy atom. The Labute approximate surface area is 178 Å². The van der Waals surface area contributed by atoms with Gasteiger partial charge in [0.05, 0.1) is 13.2 Å². The topological polar surface area (TPSA) is 49.9 Å². The molecule has 2 fully saturated rings. The van der Waals surface area contributed by atoms with E-state index in [0.29, 0.717) is 18.5 Å². The van der Waals surface area contributed by atoms with Crippen LogP contribution in [0.25, 0.3) is 0 Å². The SMILES string of the molecule is COc1ccc(C2CCCCCN2C(=O)c2cccc(CN3CCCC3=O)c2)cc1. The van der Waals surface area contributed by atoms with Gasteiger partial charge in [-0.15, -0.1) is 0 Å². The zero-order valence-corrected chi connectivity index (χ0v) is 17.7. The minimum absolute atomic E-state index is 0.0762. The average Bonchev–Trinajstić information content (AvgIpc) is 3.03. The number of amides is 2. The maximum absolute atomic E-state index is 13.5. The highest BCUT2D eigenvalue weighted by atomic mass is 16.5. The van der Waals surface area contributed by atoms with E-state index in [1.807, 2.05) is 46.2 Å². The number of carbonyl (C=O) groups is 2. The molecule has 5 nitrogen and oxygen atoms in total. The summed E-state index contributed by atoms with van der Waals surface area (Å²) in [6, 6.07) is 16.0. The van der Waals surface area contributed by atoms with Crippen molar-refractivity contribution in [1.29, 1.82) is 0 Å². The number of benzene rings is 2. The fraction of sp³-hybridized carbons (Fsp3) is 0.440. The highest BCUT2D eigenvalue weighted by Crippen LogP contribution is 2.32. The molecule has 1 unspecified atom stereocenters. The van der Waals surface area contributed by atoms with Crippen molar-refractivity contribution in [3.8, 4) is 5.75 Å². The first kappa shape index (κ1) is 20.5. The van der Waals surface area contributed by atoms with Gasteiger partial charge in [0.1, 0.15) is 5.75 Å². The molecule has 0 aromatic heterocycles. The second kappa shape index (κ2) is 9.33. The van der Waals surface area contributed by atoms with Crippen LogP contribution >= 0.6 is 0 Å². The zero-order chi connectivity index (χ0) is 20.9. The first-order valence-electron chi connectivity index (χ1n) is 11.0. The van der Waals surface area contributed by atoms with E-state index in [4.69, 9.17) is 4.74 Å². The lowest BCUT2D eigenvalue weighted by Crippen LogP contribution is -2.35. The maximum Gasteiger partial charge on any atom is 0.254 e. The van der Waals surface area contributed by atoms with Crippen molar-refractivity contribution >= 4 is 11.8 Å². The van der Waals surface area contributed by atoms with Crippen LogP contribution in [0.1, 0.15) is 66.1 Å². The summed E-state index contributed by atoms with van der Waals surface area (Å²) in [7, 11) is 1.67. The van der Waals surface area contributed by atoms with Gasteiger partial charge in [-0.2, -0.15) is 0 Å². The van der Waals surface area contributed by atoms with Gasteiger partial charge in [0.25, 0.3) is 5.91 Å². The van der Waals surface area contributed by atoms with E-state index in [9.17, 15) is 9.59 Å². The molecule has 2 saturated heterocycles. The van der Waals surface area contributed by atoms with Gasteiger partial charge in [0, 0.05) is 31.6 Å². The first-order chi connectivity index (χ1) is 14.7. The minimum Gasteiger partial charge on any atom is -0.497 e. The molecule has 2 aromatic carbocycles. The number of methoxy groups -OCH3 is 1. The molecule has 5 heteroatoms. The fourth-order valence-corrected chi connectivity index (χ4v) is 4.58. The predicted octanol–water partition coefficient (Wildman–Crippen LogP) is 4.58. The van der Waals surface area contributed by atoms with Crippen LogP contribution in [0.4, 0.5) is 0 Å². The van der Waals surface area contributed by atoms with E-state index in [0.717, 1.165) is 62.1 Å². The van der Waals surface area contributed by atoms with Crippen LogP contribution in [0.15, 0.2) is 48.5 Å². The standard InChI is InChI=1S/C25H30N2O3/c1-30-22-13-11-20(12-14-22)23-9-3-2-4-16-27(23)25(29)21-8-5-7-19(17-21)18-26-15-6-10-24(26)28/h5,7-8,11-14,17,23H,2-4,6,9-10,15-16,18H2,1H3. The summed E-state index contributed by atoms with van der Waals surface area (Å²) in [5.74, 6) is 1.11. The van der Waals surface area contributed by atoms with Gasteiger partial charge < -0.3 is 14.5 Å². The monoisotopic (exact) mass is 406 g/mol. The smallest absolute Gasteiger partial charge is 0.254 e. The number of carbonyl (C=O) groups excluding carboxylic acids is 2. The normalized spacial score (nSPS) is 19.6. The van der Waals surface area contributed by atoms with Crippen LogP contribution in [0, 0.1) is 0 Å². The van der Waals surface area contributed by atoms with Gasteiger partial charge in [0.2, 0.25) is 5.91 Å². The molecule has 2 aliphatic rings. The fourth-order valence-electron chi connectivity index (χ4n) is 4.58. The van der Waals surface area contributed by atoms with Gasteiger partial charge in [-0.1, -0.05) is 37.1 Å². The van der Waals surface area contributed by atoms with E-state index in [1.165, 1.54) is 0 Å². The Morgan fingerprint density at radius 3 is 2.60 bits per heavy atom. The van der Waals surface area contributed by atoms with Gasteiger partial charge in [-0.05, 0) is 54.7 Å². The Balaban J connectivity index is 1.56. The molecule has 0 saturated carbocycles. The van der Waals surface area contributed by atoms with E-state index < -0.39 is 0 Å². The molecule has 0 N–H and O–H groups in total. The minimum atomic E-state index is 0.0762. The molecule has 0 bridgehead atoms. The van der Waals surface area contributed by atoms with E-state index in [-0.39, 0.29) is 17.9 Å². The summed E-state index contributed by atoms with van der Waals surface area (Å²) < 4.78 is 5.29. The van der Waals surface area contributed by atoms with Crippen molar-refractivity contribution in [2.24, 2.45) is 0 Å². The van der Waals surface area contributed by atoms with Gasteiger partial charge in [-0.3, -0.25) is 9.59 Å². The summed E-state index contributed by atoms with van der Waals surface area (Å²) in [6.45, 7) is 2.16. The van der Waals surface area contributed by atoms with Crippen LogP contribution in [-0.2, 0) is 11.3 Å². The second-order valence-electron chi connectivity index (χ2n) is 8.26. The third-order valence-corrected chi connectivity index (χ3v) is 6.23. The number of nitrogens with zero attached hydrogens (tertiary/aromatic N) is 2. The van der Waals surface area contributed by atoms with Crippen molar-refractivity contribution in [3.63, 3.8) is 0 Å². The van der Waals surface area contributed by atoms with E-state index in [2.05, 4.69) is 12.1 Å². The highest BCUT2D eigenvalue weighted by Gasteiger charge is 2.28. The van der Waals surface area contributed by atoms with Crippen molar-refractivity contribution < 1.29 is 14.3 Å². The van der Waals surface area contributed by atoms with Crippen molar-refractivity contribution in [2.75, 3.05) is 20.2 Å². The predicted molar refractivity (Wildman–Crippen MR) is 116 cm³/mol. The zero-order valence-electron chi connectivity index (χ0n) is 17.7. The van der Waals surface area contributed by atoms with Gasteiger partial charge in [-0.25, -0.2) is 0 Å². The maximum atomic E-state index is 13.5. The lowest BCUT2D eigenvalue weighted by molar-refractivity contribution is -0.128. The third kappa shape index (κ3) is 4.50. The number of likely N-dealkylation sites (tertiary alicyclic amines) is 2. The van der Waals surface area contributed by atoms with Crippen LogP contribution in [0.2, 0.25) is 0 Å². The molecule has 2 heterocycles. The largest absolute Gasteiger partial charge is 0.497 e. The number of hydrogen-bond donors (Lipinski definition) is 0. The second-order valence-corrected chi connectivity index (χ2v) is 8.26.